The van der Waals surface area contributed by atoms with Crippen molar-refractivity contribution in [2.24, 2.45) is 0 Å². The summed E-state index contributed by atoms with van der Waals surface area (Å²) in [5, 5.41) is 17.8. The average Bonchev–Trinajstić information content (AvgIpc) is 2.37. The molecular weight excluding hydrogens is 228 g/mol. The normalized spacial score (nSPS) is 12.2. The van der Waals surface area contributed by atoms with Crippen LogP contribution in [0.15, 0.2) is 24.3 Å². The maximum atomic E-state index is 9.17. The molecule has 0 amide bonds. The van der Waals surface area contributed by atoms with Crippen molar-refractivity contribution < 1.29 is 9.84 Å². The summed E-state index contributed by atoms with van der Waals surface area (Å²) in [4.78, 5) is 2.12. The summed E-state index contributed by atoms with van der Waals surface area (Å²) in [7, 11) is 2.00. The molecule has 1 unspecified atom stereocenters. The number of aliphatic hydroxyl groups excluding tert-OH is 1. The lowest BCUT2D eigenvalue weighted by Gasteiger charge is -2.17. The summed E-state index contributed by atoms with van der Waals surface area (Å²) in [5.41, 5.74) is 0.636. The van der Waals surface area contributed by atoms with E-state index in [1.54, 1.807) is 31.2 Å². The Labute approximate surface area is 108 Å². The van der Waals surface area contributed by atoms with Crippen LogP contribution in [-0.4, -0.2) is 42.9 Å². The number of aliphatic hydroxyl groups is 1. The molecule has 1 N–H and O–H groups in total. The van der Waals surface area contributed by atoms with Crippen molar-refractivity contribution in [2.75, 3.05) is 26.7 Å². The Morgan fingerprint density at radius 1 is 1.33 bits per heavy atom. The second kappa shape index (κ2) is 7.70. The first-order chi connectivity index (χ1) is 8.61. The molecule has 4 nitrogen and oxygen atoms in total. The summed E-state index contributed by atoms with van der Waals surface area (Å²) in [6, 6.07) is 9.15. The Balaban J connectivity index is 2.22. The van der Waals surface area contributed by atoms with Gasteiger partial charge in [0.1, 0.15) is 12.4 Å². The number of nitrogens with zero attached hydrogens (tertiary/aromatic N) is 2. The molecule has 0 bridgehead atoms. The zero-order chi connectivity index (χ0) is 13.4. The highest BCUT2D eigenvalue weighted by atomic mass is 16.5. The lowest BCUT2D eigenvalue weighted by atomic mass is 10.2. The molecule has 0 radical (unpaired) electrons. The molecule has 1 aromatic carbocycles. The summed E-state index contributed by atoms with van der Waals surface area (Å²) >= 11 is 0. The van der Waals surface area contributed by atoms with E-state index in [9.17, 15) is 0 Å². The molecular formula is C14H20N2O2. The number of hydrogen-bond acceptors (Lipinski definition) is 4. The molecule has 0 saturated carbocycles. The summed E-state index contributed by atoms with van der Waals surface area (Å²) < 4.78 is 5.57. The van der Waals surface area contributed by atoms with E-state index in [4.69, 9.17) is 15.1 Å². The van der Waals surface area contributed by atoms with Crippen molar-refractivity contribution in [3.63, 3.8) is 0 Å². The van der Waals surface area contributed by atoms with Crippen LogP contribution in [0.3, 0.4) is 0 Å². The fraction of sp³-hybridized carbons (Fsp3) is 0.500. The first-order valence-electron chi connectivity index (χ1n) is 6.11. The molecule has 1 aromatic rings. The van der Waals surface area contributed by atoms with Crippen molar-refractivity contribution in [1.82, 2.24) is 4.90 Å². The van der Waals surface area contributed by atoms with E-state index in [1.165, 1.54) is 0 Å². The van der Waals surface area contributed by atoms with Crippen LogP contribution in [0.2, 0.25) is 0 Å². The first kappa shape index (κ1) is 14.5. The lowest BCUT2D eigenvalue weighted by Crippen LogP contribution is -2.27. The third kappa shape index (κ3) is 5.67. The number of hydrogen-bond donors (Lipinski definition) is 1. The Hall–Kier alpha value is -1.57. The third-order valence-corrected chi connectivity index (χ3v) is 2.65. The maximum Gasteiger partial charge on any atom is 0.119 e. The number of rotatable bonds is 7. The SMILES string of the molecule is CC(O)CCN(C)CCOc1ccc(C#N)cc1. The predicted octanol–water partition coefficient (Wildman–Crippen LogP) is 1.64. The average molecular weight is 248 g/mol. The second-order valence-corrected chi connectivity index (χ2v) is 4.43. The van der Waals surface area contributed by atoms with Crippen LogP contribution in [0.25, 0.3) is 0 Å². The van der Waals surface area contributed by atoms with Gasteiger partial charge < -0.3 is 14.7 Å². The molecule has 0 aromatic heterocycles. The van der Waals surface area contributed by atoms with Gasteiger partial charge in [-0.25, -0.2) is 0 Å². The number of benzene rings is 1. The molecule has 18 heavy (non-hydrogen) atoms. The van der Waals surface area contributed by atoms with Gasteiger partial charge in [-0.2, -0.15) is 5.26 Å². The second-order valence-electron chi connectivity index (χ2n) is 4.43. The van der Waals surface area contributed by atoms with Gasteiger partial charge in [-0.15, -0.1) is 0 Å². The van der Waals surface area contributed by atoms with Crippen molar-refractivity contribution in [3.05, 3.63) is 29.8 Å². The van der Waals surface area contributed by atoms with Gasteiger partial charge >= 0.3 is 0 Å². The molecule has 1 atom stereocenters. The molecule has 98 valence electrons. The van der Waals surface area contributed by atoms with Gasteiger partial charge in [0.05, 0.1) is 17.7 Å². The van der Waals surface area contributed by atoms with Crippen LogP contribution < -0.4 is 4.74 Å². The molecule has 0 aliphatic heterocycles. The quantitative estimate of drug-likeness (QED) is 0.797. The molecule has 0 aliphatic carbocycles. The summed E-state index contributed by atoms with van der Waals surface area (Å²) in [6.45, 7) is 4.06. The van der Waals surface area contributed by atoms with Crippen LogP contribution in [0, 0.1) is 11.3 Å². The van der Waals surface area contributed by atoms with Crippen molar-refractivity contribution in [3.8, 4) is 11.8 Å². The van der Waals surface area contributed by atoms with Crippen molar-refractivity contribution >= 4 is 0 Å². The van der Waals surface area contributed by atoms with E-state index in [1.807, 2.05) is 7.05 Å². The van der Waals surface area contributed by atoms with Gasteiger partial charge in [-0.05, 0) is 44.7 Å². The van der Waals surface area contributed by atoms with Gasteiger partial charge in [0, 0.05) is 13.1 Å². The standard InChI is InChI=1S/C14H20N2O2/c1-12(17)7-8-16(2)9-10-18-14-5-3-13(11-15)4-6-14/h3-6,12,17H,7-10H2,1-2H3. The van der Waals surface area contributed by atoms with Crippen LogP contribution in [0.5, 0.6) is 5.75 Å². The maximum absolute atomic E-state index is 9.17. The van der Waals surface area contributed by atoms with Crippen LogP contribution >= 0.6 is 0 Å². The molecule has 0 aliphatic rings. The van der Waals surface area contributed by atoms with Crippen LogP contribution in [0.1, 0.15) is 18.9 Å². The fourth-order valence-electron chi connectivity index (χ4n) is 1.46. The van der Waals surface area contributed by atoms with E-state index < -0.39 is 0 Å². The Bertz CT molecular complexity index is 382. The molecule has 4 heteroatoms. The monoisotopic (exact) mass is 248 g/mol. The first-order valence-corrected chi connectivity index (χ1v) is 6.11. The molecule has 0 fully saturated rings. The minimum Gasteiger partial charge on any atom is -0.492 e. The number of nitriles is 1. The van der Waals surface area contributed by atoms with E-state index in [2.05, 4.69) is 11.0 Å². The van der Waals surface area contributed by atoms with Gasteiger partial charge in [-0.3, -0.25) is 0 Å². The van der Waals surface area contributed by atoms with Gasteiger partial charge in [0.15, 0.2) is 0 Å². The zero-order valence-corrected chi connectivity index (χ0v) is 11.0. The zero-order valence-electron chi connectivity index (χ0n) is 11.0. The van der Waals surface area contributed by atoms with Crippen molar-refractivity contribution in [2.45, 2.75) is 19.4 Å². The van der Waals surface area contributed by atoms with E-state index in [0.717, 1.165) is 25.3 Å². The minimum absolute atomic E-state index is 0.258. The number of likely N-dealkylation sites (N-methyl/N-ethyl adjacent to an activating group) is 1. The largest absolute Gasteiger partial charge is 0.492 e. The summed E-state index contributed by atoms with van der Waals surface area (Å²) in [6.07, 6.45) is 0.514. The summed E-state index contributed by atoms with van der Waals surface area (Å²) in [5.74, 6) is 0.776. The van der Waals surface area contributed by atoms with Gasteiger partial charge in [0.2, 0.25) is 0 Å². The highest BCUT2D eigenvalue weighted by molar-refractivity contribution is 5.34. The number of ether oxygens (including phenoxy) is 1. The van der Waals surface area contributed by atoms with Crippen LogP contribution in [-0.2, 0) is 0 Å². The van der Waals surface area contributed by atoms with E-state index in [-0.39, 0.29) is 6.10 Å². The smallest absolute Gasteiger partial charge is 0.119 e. The Morgan fingerprint density at radius 3 is 2.56 bits per heavy atom. The fourth-order valence-corrected chi connectivity index (χ4v) is 1.46. The highest BCUT2D eigenvalue weighted by Gasteiger charge is 2.02. The third-order valence-electron chi connectivity index (χ3n) is 2.65. The predicted molar refractivity (Wildman–Crippen MR) is 70.4 cm³/mol. The van der Waals surface area contributed by atoms with Gasteiger partial charge in [-0.1, -0.05) is 0 Å². The molecule has 0 spiro atoms. The lowest BCUT2D eigenvalue weighted by molar-refractivity contribution is 0.157. The Kier molecular flexibility index (Phi) is 6.20. The minimum atomic E-state index is -0.258. The molecule has 1 rings (SSSR count). The van der Waals surface area contributed by atoms with Crippen LogP contribution in [0.4, 0.5) is 0 Å². The van der Waals surface area contributed by atoms with Crippen molar-refractivity contribution in [1.29, 1.82) is 5.26 Å². The highest BCUT2D eigenvalue weighted by Crippen LogP contribution is 2.11. The van der Waals surface area contributed by atoms with Gasteiger partial charge in [0.25, 0.3) is 0 Å². The van der Waals surface area contributed by atoms with E-state index in [0.29, 0.717) is 12.2 Å². The van der Waals surface area contributed by atoms with E-state index >= 15 is 0 Å². The topological polar surface area (TPSA) is 56.5 Å². The Morgan fingerprint density at radius 2 is 2.00 bits per heavy atom. The molecule has 0 saturated heterocycles. The molecule has 0 heterocycles.